The van der Waals surface area contributed by atoms with Crippen LogP contribution in [-0.4, -0.2) is 5.11 Å². The second kappa shape index (κ2) is 5.61. The van der Waals surface area contributed by atoms with Crippen LogP contribution in [0.2, 0.25) is 0 Å². The van der Waals surface area contributed by atoms with Crippen molar-refractivity contribution in [2.45, 2.75) is 26.4 Å². The molecule has 1 atom stereocenters. The molecule has 1 aromatic rings. The lowest BCUT2D eigenvalue weighted by Gasteiger charge is -2.07. The molecule has 14 heavy (non-hydrogen) atoms. The van der Waals surface area contributed by atoms with Crippen LogP contribution in [0.15, 0.2) is 42.5 Å². The van der Waals surface area contributed by atoms with Crippen LogP contribution < -0.4 is 0 Å². The van der Waals surface area contributed by atoms with Crippen molar-refractivity contribution in [2.75, 3.05) is 0 Å². The molecule has 1 aromatic carbocycles. The first-order chi connectivity index (χ1) is 6.70. The average molecular weight is 190 g/mol. The maximum Gasteiger partial charge on any atom is 0.0824 e. The first-order valence-corrected chi connectivity index (χ1v) is 5.10. The number of hydrogen-bond donors (Lipinski definition) is 1. The number of rotatable bonds is 4. The lowest BCUT2D eigenvalue weighted by atomic mass is 10.1. The van der Waals surface area contributed by atoms with E-state index in [9.17, 15) is 5.11 Å². The smallest absolute Gasteiger partial charge is 0.0824 e. The molecule has 1 heteroatoms. The van der Waals surface area contributed by atoms with Crippen molar-refractivity contribution >= 4 is 0 Å². The van der Waals surface area contributed by atoms with Gasteiger partial charge in [0, 0.05) is 0 Å². The largest absolute Gasteiger partial charge is 0.388 e. The number of aliphatic hydroxyl groups is 1. The van der Waals surface area contributed by atoms with E-state index in [1.165, 1.54) is 0 Å². The maximum absolute atomic E-state index is 9.78. The predicted molar refractivity (Wildman–Crippen MR) is 60.0 cm³/mol. The van der Waals surface area contributed by atoms with Crippen molar-refractivity contribution in [3.63, 3.8) is 0 Å². The Bertz CT molecular complexity index is 275. The van der Waals surface area contributed by atoms with Gasteiger partial charge < -0.3 is 5.11 Å². The van der Waals surface area contributed by atoms with E-state index in [1.54, 1.807) is 0 Å². The van der Waals surface area contributed by atoms with Gasteiger partial charge in [0.1, 0.15) is 0 Å². The van der Waals surface area contributed by atoms with E-state index in [0.717, 1.165) is 5.56 Å². The summed E-state index contributed by atoms with van der Waals surface area (Å²) >= 11 is 0. The normalized spacial score (nSPS) is 13.7. The van der Waals surface area contributed by atoms with Gasteiger partial charge in [-0.15, -0.1) is 0 Å². The summed E-state index contributed by atoms with van der Waals surface area (Å²) in [7, 11) is 0. The van der Waals surface area contributed by atoms with Crippen LogP contribution in [0.3, 0.4) is 0 Å². The van der Waals surface area contributed by atoms with Crippen molar-refractivity contribution in [3.05, 3.63) is 48.0 Å². The summed E-state index contributed by atoms with van der Waals surface area (Å²) < 4.78 is 0. The molecule has 0 aliphatic heterocycles. The molecule has 0 saturated carbocycles. The van der Waals surface area contributed by atoms with Crippen LogP contribution in [0.25, 0.3) is 0 Å². The van der Waals surface area contributed by atoms with E-state index in [-0.39, 0.29) is 6.10 Å². The third-order valence-corrected chi connectivity index (χ3v) is 2.06. The highest BCUT2D eigenvalue weighted by molar-refractivity contribution is 5.17. The van der Waals surface area contributed by atoms with E-state index in [1.807, 2.05) is 36.4 Å². The van der Waals surface area contributed by atoms with Gasteiger partial charge in [-0.3, -0.25) is 0 Å². The average Bonchev–Trinajstić information content (AvgIpc) is 2.18. The summed E-state index contributed by atoms with van der Waals surface area (Å²) in [5.74, 6) is 0.554. The van der Waals surface area contributed by atoms with E-state index in [4.69, 9.17) is 0 Å². The monoisotopic (exact) mass is 190 g/mol. The molecule has 0 aromatic heterocycles. The van der Waals surface area contributed by atoms with Crippen molar-refractivity contribution in [1.29, 1.82) is 0 Å². The first kappa shape index (κ1) is 11.0. The number of allylic oxidation sites excluding steroid dienone is 1. The van der Waals surface area contributed by atoms with E-state index < -0.39 is 0 Å². The van der Waals surface area contributed by atoms with Crippen molar-refractivity contribution in [3.8, 4) is 0 Å². The minimum atomic E-state index is -0.369. The lowest BCUT2D eigenvalue weighted by Crippen LogP contribution is -1.94. The van der Waals surface area contributed by atoms with Crippen LogP contribution in [0.5, 0.6) is 0 Å². The van der Waals surface area contributed by atoms with E-state index in [0.29, 0.717) is 12.3 Å². The van der Waals surface area contributed by atoms with Gasteiger partial charge in [-0.25, -0.2) is 0 Å². The Hall–Kier alpha value is -1.08. The Morgan fingerprint density at radius 2 is 1.86 bits per heavy atom. The van der Waals surface area contributed by atoms with Crippen LogP contribution in [0, 0.1) is 5.92 Å². The highest BCUT2D eigenvalue weighted by Crippen LogP contribution is 2.16. The van der Waals surface area contributed by atoms with Gasteiger partial charge in [-0.05, 0) is 17.9 Å². The number of benzene rings is 1. The molecule has 1 N–H and O–H groups in total. The van der Waals surface area contributed by atoms with Crippen LogP contribution in [-0.2, 0) is 0 Å². The van der Waals surface area contributed by atoms with Gasteiger partial charge >= 0.3 is 0 Å². The van der Waals surface area contributed by atoms with E-state index in [2.05, 4.69) is 19.9 Å². The summed E-state index contributed by atoms with van der Waals surface area (Å²) in [5, 5.41) is 9.78. The minimum Gasteiger partial charge on any atom is -0.388 e. The maximum atomic E-state index is 9.78. The molecule has 1 unspecified atom stereocenters. The van der Waals surface area contributed by atoms with Crippen molar-refractivity contribution < 1.29 is 5.11 Å². The zero-order chi connectivity index (χ0) is 10.4. The zero-order valence-electron chi connectivity index (χ0n) is 8.85. The van der Waals surface area contributed by atoms with Gasteiger partial charge in [0.05, 0.1) is 6.10 Å². The Morgan fingerprint density at radius 1 is 1.21 bits per heavy atom. The van der Waals surface area contributed by atoms with Crippen LogP contribution in [0.4, 0.5) is 0 Å². The molecular formula is C13H18O. The fourth-order valence-corrected chi connectivity index (χ4v) is 1.29. The van der Waals surface area contributed by atoms with Gasteiger partial charge in [-0.2, -0.15) is 0 Å². The molecule has 0 radical (unpaired) electrons. The van der Waals surface area contributed by atoms with Crippen LogP contribution in [0.1, 0.15) is 31.9 Å². The number of aliphatic hydroxyl groups excluding tert-OH is 1. The lowest BCUT2D eigenvalue weighted by molar-refractivity contribution is 0.181. The second-order valence-corrected chi connectivity index (χ2v) is 3.83. The van der Waals surface area contributed by atoms with Crippen molar-refractivity contribution in [2.24, 2.45) is 5.92 Å². The summed E-state index contributed by atoms with van der Waals surface area (Å²) in [5.41, 5.74) is 0.987. The number of hydrogen-bond acceptors (Lipinski definition) is 1. The first-order valence-electron chi connectivity index (χ1n) is 5.10. The minimum absolute atomic E-state index is 0.369. The Morgan fingerprint density at radius 3 is 2.43 bits per heavy atom. The quantitative estimate of drug-likeness (QED) is 0.722. The predicted octanol–water partition coefficient (Wildman–Crippen LogP) is 3.32. The molecule has 1 rings (SSSR count). The fraction of sp³-hybridized carbons (Fsp3) is 0.385. The fourth-order valence-electron chi connectivity index (χ4n) is 1.29. The van der Waals surface area contributed by atoms with Gasteiger partial charge in [0.25, 0.3) is 0 Å². The van der Waals surface area contributed by atoms with Gasteiger partial charge in [-0.1, -0.05) is 56.3 Å². The Balaban J connectivity index is 2.47. The SMILES string of the molecule is CC(C)/C=C\CC(O)c1ccccc1. The molecule has 76 valence electrons. The molecule has 0 bridgehead atoms. The summed E-state index contributed by atoms with van der Waals surface area (Å²) in [6, 6.07) is 9.76. The standard InChI is InChI=1S/C13H18O/c1-11(2)7-6-10-13(14)12-8-4-3-5-9-12/h3-9,11,13-14H,10H2,1-2H3/b7-6-. The van der Waals surface area contributed by atoms with Crippen LogP contribution >= 0.6 is 0 Å². The van der Waals surface area contributed by atoms with E-state index >= 15 is 0 Å². The highest BCUT2D eigenvalue weighted by atomic mass is 16.3. The molecule has 0 fully saturated rings. The van der Waals surface area contributed by atoms with Gasteiger partial charge in [0.2, 0.25) is 0 Å². The molecule has 0 heterocycles. The third-order valence-electron chi connectivity index (χ3n) is 2.06. The molecule has 1 nitrogen and oxygen atoms in total. The topological polar surface area (TPSA) is 20.2 Å². The molecule has 0 aliphatic carbocycles. The van der Waals surface area contributed by atoms with Crippen molar-refractivity contribution in [1.82, 2.24) is 0 Å². The molecule has 0 saturated heterocycles. The zero-order valence-corrected chi connectivity index (χ0v) is 8.85. The third kappa shape index (κ3) is 3.75. The molecule has 0 spiro atoms. The molecule has 0 amide bonds. The Labute approximate surface area is 86.1 Å². The Kier molecular flexibility index (Phi) is 4.41. The molecular weight excluding hydrogens is 172 g/mol. The van der Waals surface area contributed by atoms with Gasteiger partial charge in [0.15, 0.2) is 0 Å². The highest BCUT2D eigenvalue weighted by Gasteiger charge is 2.03. The second-order valence-electron chi connectivity index (χ2n) is 3.83. The summed E-state index contributed by atoms with van der Waals surface area (Å²) in [4.78, 5) is 0. The summed E-state index contributed by atoms with van der Waals surface area (Å²) in [6.45, 7) is 4.26. The summed E-state index contributed by atoms with van der Waals surface area (Å²) in [6.07, 6.45) is 4.49. The molecule has 0 aliphatic rings.